The van der Waals surface area contributed by atoms with Gasteiger partial charge in [-0.2, -0.15) is 0 Å². The molecular weight excluding hydrogens is 411 g/mol. The summed E-state index contributed by atoms with van der Waals surface area (Å²) in [5, 5.41) is 6.46. The second-order valence-corrected chi connectivity index (χ2v) is 11.2. The molecule has 0 spiro atoms. The van der Waals surface area contributed by atoms with Crippen LogP contribution in [0.4, 0.5) is 0 Å². The van der Waals surface area contributed by atoms with Crippen molar-refractivity contribution in [3.63, 3.8) is 0 Å². The summed E-state index contributed by atoms with van der Waals surface area (Å²) in [5.74, 6) is 1.81. The first-order chi connectivity index (χ1) is 10.3. The van der Waals surface area contributed by atoms with E-state index in [1.165, 1.54) is 0 Å². The van der Waals surface area contributed by atoms with Crippen molar-refractivity contribution < 1.29 is 30.8 Å². The van der Waals surface area contributed by atoms with Gasteiger partial charge in [-0.25, -0.2) is 0 Å². The number of halogens is 1. The molecule has 1 heterocycles. The molecule has 1 saturated heterocycles. The summed E-state index contributed by atoms with van der Waals surface area (Å²) in [6.45, 7) is 11.6. The van der Waals surface area contributed by atoms with Crippen LogP contribution < -0.4 is 31.8 Å². The molecule has 0 aromatic rings. The van der Waals surface area contributed by atoms with Crippen LogP contribution in [-0.4, -0.2) is 43.3 Å². The van der Waals surface area contributed by atoms with Crippen molar-refractivity contribution in [3.8, 4) is 0 Å². The molecule has 130 valence electrons. The zero-order valence-electron chi connectivity index (χ0n) is 14.4. The summed E-state index contributed by atoms with van der Waals surface area (Å²) < 4.78 is 0.450. The molecule has 1 aliphatic rings. The molecule has 6 heteroatoms. The molecule has 4 nitrogen and oxygen atoms in total. The number of rotatable bonds is 10. The van der Waals surface area contributed by atoms with Gasteiger partial charge in [0.25, 0.3) is 0 Å². The quantitative estimate of drug-likeness (QED) is 0.151. The summed E-state index contributed by atoms with van der Waals surface area (Å²) in [5.41, 5.74) is 0.217. The topological polar surface area (TPSA) is 58.2 Å². The Morgan fingerprint density at radius 3 is 2.55 bits per heavy atom. The second kappa shape index (κ2) is 9.47. The monoisotopic (exact) mass is 441 g/mol. The van der Waals surface area contributed by atoms with Gasteiger partial charge in [0.1, 0.15) is 0 Å². The minimum atomic E-state index is -0.435. The molecule has 0 radical (unpaired) electrons. The molecule has 0 aliphatic carbocycles. The molecule has 0 aromatic carbocycles. The number of thioether (sulfide) groups is 1. The van der Waals surface area contributed by atoms with Crippen LogP contribution in [0.3, 0.4) is 0 Å². The summed E-state index contributed by atoms with van der Waals surface area (Å²) >= 11 is 1.65. The number of alkyl halides is 2. The fourth-order valence-corrected chi connectivity index (χ4v) is 7.25. The van der Waals surface area contributed by atoms with Gasteiger partial charge < -0.3 is 0 Å². The second-order valence-electron chi connectivity index (χ2n) is 6.37. The van der Waals surface area contributed by atoms with Crippen molar-refractivity contribution in [1.29, 1.82) is 0 Å². The predicted octanol–water partition coefficient (Wildman–Crippen LogP) is -0.973. The molecule has 3 unspecified atom stereocenters. The maximum absolute atomic E-state index is 12.0. The number of nitrogens with one attached hydrogen (secondary N) is 2. The van der Waals surface area contributed by atoms with Crippen molar-refractivity contribution >= 4 is 23.5 Å². The van der Waals surface area contributed by atoms with Gasteiger partial charge in [0.05, 0.1) is 0 Å². The Hall–Kier alpha value is 0.180. The molecule has 1 rings (SSSR count). The van der Waals surface area contributed by atoms with Gasteiger partial charge in [0.15, 0.2) is 0 Å². The Bertz CT molecular complexity index is 390. The van der Waals surface area contributed by atoms with Crippen molar-refractivity contribution in [2.75, 3.05) is 18.1 Å². The first-order valence-corrected chi connectivity index (χ1v) is 11.7. The van der Waals surface area contributed by atoms with Crippen molar-refractivity contribution in [2.24, 2.45) is 5.92 Å². The summed E-state index contributed by atoms with van der Waals surface area (Å²) in [7, 11) is 0. The molecule has 22 heavy (non-hydrogen) atoms. The first-order valence-electron chi connectivity index (χ1n) is 8.09. The number of hydrogen-bond acceptors (Lipinski definition) is 4. The van der Waals surface area contributed by atoms with Crippen LogP contribution in [0.15, 0.2) is 0 Å². The Morgan fingerprint density at radius 1 is 1.36 bits per heavy atom. The van der Waals surface area contributed by atoms with E-state index in [9.17, 15) is 9.59 Å². The molecular formula is C16H30IN2O2S-. The number of carbonyl (C=O) groups is 2. The molecule has 0 bridgehead atoms. The van der Waals surface area contributed by atoms with Gasteiger partial charge in [-0.05, 0) is 0 Å². The molecule has 1 amide bonds. The normalized spacial score (nSPS) is 23.9. The van der Waals surface area contributed by atoms with Gasteiger partial charge in [0.2, 0.25) is 0 Å². The van der Waals surface area contributed by atoms with Gasteiger partial charge in [-0.15, -0.1) is 0 Å². The van der Waals surface area contributed by atoms with Gasteiger partial charge in [-0.3, -0.25) is 0 Å². The molecule has 3 atom stereocenters. The van der Waals surface area contributed by atoms with E-state index in [0.717, 1.165) is 30.9 Å². The molecule has 1 aliphatic heterocycles. The van der Waals surface area contributed by atoms with Crippen molar-refractivity contribution in [1.82, 2.24) is 10.6 Å². The average molecular weight is 441 g/mol. The zero-order chi connectivity index (χ0) is 16.8. The average Bonchev–Trinajstić information content (AvgIpc) is 2.72. The van der Waals surface area contributed by atoms with E-state index in [-0.39, 0.29) is 42.5 Å². The van der Waals surface area contributed by atoms with E-state index in [4.69, 9.17) is 0 Å². The van der Waals surface area contributed by atoms with Gasteiger partial charge in [0, 0.05) is 0 Å². The molecule has 0 saturated carbocycles. The Morgan fingerprint density at radius 2 is 2.05 bits per heavy atom. The summed E-state index contributed by atoms with van der Waals surface area (Å²) in [6.07, 6.45) is 2.23. The van der Waals surface area contributed by atoms with Crippen LogP contribution in [0.5, 0.6) is 0 Å². The number of ketones is 1. The Labute approximate surface area is 149 Å². The molecule has 0 aromatic heterocycles. The SMILES string of the molecule is CCC(CSCCNC(C)(C)CC)[I-]C1NC(=O)C(C)C1=O. The molecule has 1 fully saturated rings. The van der Waals surface area contributed by atoms with Crippen LogP contribution in [0, 0.1) is 5.92 Å². The van der Waals surface area contributed by atoms with E-state index in [1.807, 2.05) is 11.8 Å². The fourth-order valence-electron chi connectivity index (χ4n) is 1.98. The number of Topliss-reactive ketones (excluding diaryl/α,β-unsaturated/α-hetero) is 1. The van der Waals surface area contributed by atoms with Crippen LogP contribution in [0.1, 0.15) is 47.5 Å². The first kappa shape index (κ1) is 20.2. The van der Waals surface area contributed by atoms with E-state index in [0.29, 0.717) is 3.92 Å². The van der Waals surface area contributed by atoms with E-state index in [1.54, 1.807) is 6.92 Å². The number of amides is 1. The number of carbonyl (C=O) groups excluding carboxylic acids is 2. The minimum absolute atomic E-state index is 0.0804. The van der Waals surface area contributed by atoms with Crippen LogP contribution in [-0.2, 0) is 9.59 Å². The van der Waals surface area contributed by atoms with E-state index < -0.39 is 5.92 Å². The van der Waals surface area contributed by atoms with Crippen LogP contribution in [0.25, 0.3) is 0 Å². The zero-order valence-corrected chi connectivity index (χ0v) is 17.3. The van der Waals surface area contributed by atoms with E-state index >= 15 is 0 Å². The number of hydrogen-bond donors (Lipinski definition) is 2. The third-order valence-corrected chi connectivity index (χ3v) is 9.83. The van der Waals surface area contributed by atoms with Crippen molar-refractivity contribution in [3.05, 3.63) is 0 Å². The van der Waals surface area contributed by atoms with Gasteiger partial charge >= 0.3 is 150 Å². The third-order valence-electron chi connectivity index (χ3n) is 4.12. The fraction of sp³-hybridized carbons (Fsp3) is 0.875. The standard InChI is InChI=1S/C16H30IN2O2S/c1-6-12(10-22-9-8-18-16(4,5)7-2)17-14-13(20)11(3)15(21)19-14/h11-12,14,18H,6-10H2,1-5H3,(H,19,21)/q-1. The van der Waals surface area contributed by atoms with Crippen LogP contribution in [0.2, 0.25) is 0 Å². The maximum atomic E-state index is 12.0. The summed E-state index contributed by atoms with van der Waals surface area (Å²) in [6, 6.07) is 0. The van der Waals surface area contributed by atoms with Crippen LogP contribution >= 0.6 is 11.8 Å². The van der Waals surface area contributed by atoms with Crippen molar-refractivity contribution in [2.45, 2.75) is 61.0 Å². The van der Waals surface area contributed by atoms with Gasteiger partial charge in [-0.1, -0.05) is 0 Å². The Kier molecular flexibility index (Phi) is 8.71. The summed E-state index contributed by atoms with van der Waals surface area (Å²) in [4.78, 5) is 23.6. The Balaban J connectivity index is 2.26. The third kappa shape index (κ3) is 6.35. The molecule has 2 N–H and O–H groups in total. The van der Waals surface area contributed by atoms with E-state index in [2.05, 4.69) is 38.3 Å². The predicted molar refractivity (Wildman–Crippen MR) is 89.9 cm³/mol.